The third-order valence-electron chi connectivity index (χ3n) is 14.6. The minimum absolute atomic E-state index is 0.00180. The molecule has 4 rings (SSSR count). The largest absolute Gasteiger partial charge is 0.508 e. The second-order valence-corrected chi connectivity index (χ2v) is 22.9. The predicted octanol–water partition coefficient (Wildman–Crippen LogP) is -3.46. The van der Waals surface area contributed by atoms with Gasteiger partial charge < -0.3 is 85.5 Å². The number of hydrogen-bond acceptors (Lipinski definition) is 20. The highest BCUT2D eigenvalue weighted by molar-refractivity contribution is 7.80. The van der Waals surface area contributed by atoms with Crippen LogP contribution in [-0.2, 0) is 60.8 Å². The van der Waals surface area contributed by atoms with Crippen LogP contribution in [0, 0.1) is 0 Å². The fraction of sp³-hybridized carbons (Fsp3) is 0.621. The molecule has 2 aromatic carbocycles. The Labute approximate surface area is 525 Å². The number of fused-ring (bicyclic) bond motifs is 5. The van der Waals surface area contributed by atoms with E-state index in [1.54, 1.807) is 24.3 Å². The van der Waals surface area contributed by atoms with Gasteiger partial charge in [-0.05, 0) is 73.9 Å². The number of phenols is 2. The van der Waals surface area contributed by atoms with Gasteiger partial charge in [-0.15, -0.1) is 0 Å². The molecular formula is C58H94N16O12S2. The van der Waals surface area contributed by atoms with Crippen molar-refractivity contribution in [3.8, 4) is 11.5 Å². The molecule has 2 bridgehead atoms. The maximum Gasteiger partial charge on any atom is 0.242 e. The Morgan fingerprint density at radius 1 is 0.420 bits per heavy atom. The van der Waals surface area contributed by atoms with Crippen LogP contribution in [0.5, 0.6) is 11.5 Å². The van der Waals surface area contributed by atoms with Crippen LogP contribution in [0.4, 0.5) is 0 Å². The first kappa shape index (κ1) is 73.7. The van der Waals surface area contributed by atoms with Crippen LogP contribution in [0.15, 0.2) is 48.5 Å². The maximum atomic E-state index is 13.8. The van der Waals surface area contributed by atoms with Gasteiger partial charge in [0.25, 0.3) is 0 Å². The van der Waals surface area contributed by atoms with Crippen LogP contribution in [0.3, 0.4) is 0 Å². The number of amides is 10. The first-order chi connectivity index (χ1) is 42.2. The van der Waals surface area contributed by atoms with Crippen molar-refractivity contribution in [3.05, 3.63) is 59.7 Å². The lowest BCUT2D eigenvalue weighted by molar-refractivity contribution is -0.129. The predicted molar refractivity (Wildman–Crippen MR) is 337 cm³/mol. The second-order valence-electron chi connectivity index (χ2n) is 22.1. The molecule has 0 aliphatic carbocycles. The minimum Gasteiger partial charge on any atom is -0.508 e. The average molecular weight is 1270 g/mol. The molecule has 0 aromatic heterocycles. The van der Waals surface area contributed by atoms with E-state index in [2.05, 4.69) is 99.7 Å². The molecule has 88 heavy (non-hydrogen) atoms. The first-order valence-electron chi connectivity index (χ1n) is 30.3. The Hall–Kier alpha value is -6.80. The number of unbranched alkanes of at least 4 members (excludes halogenated alkanes) is 4. The van der Waals surface area contributed by atoms with Gasteiger partial charge in [-0.1, -0.05) is 37.1 Å². The fourth-order valence-corrected chi connectivity index (χ4v) is 10.3. The van der Waals surface area contributed by atoms with E-state index in [9.17, 15) is 58.2 Å². The summed E-state index contributed by atoms with van der Waals surface area (Å²) in [6, 6.07) is 8.97. The monoisotopic (exact) mass is 1270 g/mol. The van der Waals surface area contributed by atoms with Crippen LogP contribution in [0.1, 0.15) is 101 Å². The van der Waals surface area contributed by atoms with Crippen LogP contribution < -0.4 is 85.9 Å². The molecule has 2 fully saturated rings. The van der Waals surface area contributed by atoms with E-state index in [4.69, 9.17) is 11.5 Å². The number of carbonyl (C=O) groups excluding carboxylic acids is 10. The second kappa shape index (κ2) is 40.7. The van der Waals surface area contributed by atoms with E-state index < -0.39 is 70.9 Å². The van der Waals surface area contributed by atoms with Crippen LogP contribution in [-0.4, -0.2) is 195 Å². The van der Waals surface area contributed by atoms with Gasteiger partial charge in [0.2, 0.25) is 59.1 Å². The third kappa shape index (κ3) is 29.5. The number of rotatable bonds is 36. The van der Waals surface area contributed by atoms with E-state index in [1.807, 2.05) is 0 Å². The van der Waals surface area contributed by atoms with E-state index >= 15 is 0 Å². The molecule has 20 N–H and O–H groups in total. The summed E-state index contributed by atoms with van der Waals surface area (Å²) in [4.78, 5) is 128. The molecule has 2 aromatic rings. The molecule has 2 aliphatic rings. The summed E-state index contributed by atoms with van der Waals surface area (Å²) in [6.45, 7) is 4.68. The highest BCUT2D eigenvalue weighted by Gasteiger charge is 2.35. The Balaban J connectivity index is 1.26. The number of hydrogen-bond donors (Lipinski definition) is 20. The van der Waals surface area contributed by atoms with E-state index in [0.717, 1.165) is 0 Å². The van der Waals surface area contributed by atoms with E-state index in [-0.39, 0.29) is 124 Å². The van der Waals surface area contributed by atoms with Gasteiger partial charge in [-0.25, -0.2) is 0 Å². The smallest absolute Gasteiger partial charge is 0.242 e. The maximum absolute atomic E-state index is 13.8. The third-order valence-corrected chi connectivity index (χ3v) is 15.4. The molecule has 28 nitrogen and oxygen atoms in total. The van der Waals surface area contributed by atoms with Gasteiger partial charge in [0.15, 0.2) is 0 Å². The highest BCUT2D eigenvalue weighted by Crippen LogP contribution is 2.15. The summed E-state index contributed by atoms with van der Waals surface area (Å²) in [7, 11) is 0. The standard InChI is InChI=1S/C58H94N16O12S2/c59-53(83)45(33-87)71-47(77)9-3-1-5-23-65-55(85)43(31-39-15-19-41(75)20-16-39)69-49(79)11-7-13-51(81)73-57-35-61-25-27-63-37-58(68-30-29-67-57,38-64-28-26-62-36-57)74-52(82)14-8-12-50(80)70-44(32-40-17-21-42(76)22-18-40)56(86)66-24-6-2-4-10-48(78)72-46(34-88)54(60)84/h15-22,43-46,61-64,67-68,75-76,87-88H,1-14,23-38H2,(H2,59,83)(H2,60,84)(H,65,85)(H,66,86)(H,69,79)(H,70,80)(H,71,77)(H,72,78)(H,73,81)(H,74,82). The van der Waals surface area contributed by atoms with E-state index in [1.165, 1.54) is 24.3 Å². The topological polar surface area (TPSA) is 432 Å². The molecule has 4 unspecified atom stereocenters. The van der Waals surface area contributed by atoms with Gasteiger partial charge in [0.1, 0.15) is 47.0 Å². The van der Waals surface area contributed by atoms with Crippen molar-refractivity contribution in [2.24, 2.45) is 11.5 Å². The summed E-state index contributed by atoms with van der Waals surface area (Å²) in [5, 5.41) is 63.2. The summed E-state index contributed by atoms with van der Waals surface area (Å²) < 4.78 is 0. The van der Waals surface area contributed by atoms with Gasteiger partial charge in [-0.3, -0.25) is 58.6 Å². The van der Waals surface area contributed by atoms with Gasteiger partial charge in [-0.2, -0.15) is 25.3 Å². The van der Waals surface area contributed by atoms with Crippen molar-refractivity contribution in [1.82, 2.24) is 74.4 Å². The van der Waals surface area contributed by atoms with Crippen molar-refractivity contribution in [2.75, 3.05) is 90.0 Å². The number of phenolic OH excluding ortho intramolecular Hbond substituents is 2. The molecule has 4 atom stereocenters. The number of thiol groups is 2. The van der Waals surface area contributed by atoms with Crippen molar-refractivity contribution in [2.45, 2.75) is 138 Å². The Kier molecular flexibility index (Phi) is 34.1. The number of nitrogens with two attached hydrogens (primary N) is 2. The Bertz CT molecular complexity index is 2370. The molecule has 2 aliphatic heterocycles. The number of aromatic hydroxyl groups is 2. The van der Waals surface area contributed by atoms with E-state index in [0.29, 0.717) is 115 Å². The van der Waals surface area contributed by atoms with Gasteiger partial charge in [0.05, 0.1) is 0 Å². The zero-order chi connectivity index (χ0) is 64.2. The van der Waals surface area contributed by atoms with Crippen molar-refractivity contribution in [3.63, 3.8) is 0 Å². The minimum atomic E-state index is -0.969. The van der Waals surface area contributed by atoms with Gasteiger partial charge >= 0.3 is 0 Å². The van der Waals surface area contributed by atoms with Crippen LogP contribution in [0.25, 0.3) is 0 Å². The Morgan fingerprint density at radius 2 is 0.727 bits per heavy atom. The molecule has 490 valence electrons. The quantitative estimate of drug-likeness (QED) is 0.0233. The average Bonchev–Trinajstić information content (AvgIpc) is 3.31. The fourth-order valence-electron chi connectivity index (χ4n) is 9.76. The molecule has 0 saturated carbocycles. The lowest BCUT2D eigenvalue weighted by Gasteiger charge is -2.41. The number of carbonyl (C=O) groups is 10. The molecular weight excluding hydrogens is 1180 g/mol. The normalized spacial score (nSPS) is 18.6. The summed E-state index contributed by atoms with van der Waals surface area (Å²) in [6.07, 6.45) is 4.20. The zero-order valence-electron chi connectivity index (χ0n) is 50.2. The van der Waals surface area contributed by atoms with Crippen LogP contribution in [0.2, 0.25) is 0 Å². The molecule has 10 amide bonds. The number of primary amides is 2. The SMILES string of the molecule is NC(=O)C(CS)NC(=O)CCCCCNC(=O)C(Cc1ccc(O)cc1)NC(=O)CCCC(=O)NC12CNCCNCC(NC(=O)CCCC(=O)NC(Cc3ccc(O)cc3)C(=O)NCCCCCC(=O)NC(CS)C(N)=O)(CNCCNC1)NCCN2. The highest BCUT2D eigenvalue weighted by atomic mass is 32.1. The summed E-state index contributed by atoms with van der Waals surface area (Å²) in [5.41, 5.74) is 10.0. The first-order valence-corrected chi connectivity index (χ1v) is 31.5. The van der Waals surface area contributed by atoms with Crippen molar-refractivity contribution >= 4 is 84.3 Å². The number of nitrogens with one attached hydrogen (secondary N) is 14. The molecule has 30 heteroatoms. The molecule has 0 spiro atoms. The lowest BCUT2D eigenvalue weighted by Crippen LogP contribution is -2.73. The van der Waals surface area contributed by atoms with Crippen molar-refractivity contribution < 1.29 is 58.2 Å². The molecule has 2 saturated heterocycles. The van der Waals surface area contributed by atoms with Crippen LogP contribution >= 0.6 is 25.3 Å². The van der Waals surface area contributed by atoms with Gasteiger partial charge in [0, 0.05) is 141 Å². The molecule has 2 heterocycles. The van der Waals surface area contributed by atoms with Crippen molar-refractivity contribution in [1.29, 1.82) is 0 Å². The summed E-state index contributed by atoms with van der Waals surface area (Å²) in [5.74, 6) is -4.03. The molecule has 0 radical (unpaired) electrons. The lowest BCUT2D eigenvalue weighted by atomic mass is 10.0. The number of benzene rings is 2. The summed E-state index contributed by atoms with van der Waals surface area (Å²) >= 11 is 8.07. The Morgan fingerprint density at radius 3 is 1.05 bits per heavy atom. The zero-order valence-corrected chi connectivity index (χ0v) is 52.0.